The van der Waals surface area contributed by atoms with Gasteiger partial charge in [0.1, 0.15) is 5.76 Å². The molecule has 6 heteroatoms. The maximum Gasteiger partial charge on any atom is 0.242 e. The highest BCUT2D eigenvalue weighted by Crippen LogP contribution is 2.07. The van der Waals surface area contributed by atoms with E-state index in [2.05, 4.69) is 34.5 Å². The molecule has 0 radical (unpaired) electrons. The summed E-state index contributed by atoms with van der Waals surface area (Å²) in [5.41, 5.74) is 0. The first-order chi connectivity index (χ1) is 9.56. The number of rotatable bonds is 9. The van der Waals surface area contributed by atoms with Gasteiger partial charge >= 0.3 is 0 Å². The van der Waals surface area contributed by atoms with Crippen LogP contribution < -0.4 is 10.6 Å². The predicted octanol–water partition coefficient (Wildman–Crippen LogP) is 1.63. The number of hydrogen-bond donors (Lipinski definition) is 2. The molecule has 0 saturated heterocycles. The van der Waals surface area contributed by atoms with E-state index in [1.807, 2.05) is 6.92 Å². The normalized spacial score (nSPS) is 12.7. The smallest absolute Gasteiger partial charge is 0.242 e. The van der Waals surface area contributed by atoms with Crippen LogP contribution >= 0.6 is 0 Å². The van der Waals surface area contributed by atoms with Gasteiger partial charge in [0.25, 0.3) is 0 Å². The summed E-state index contributed by atoms with van der Waals surface area (Å²) in [5, 5.41) is 9.67. The van der Waals surface area contributed by atoms with E-state index in [9.17, 15) is 4.79 Å². The molecule has 0 aliphatic carbocycles. The number of hydrogen-bond acceptors (Lipinski definition) is 5. The maximum absolute atomic E-state index is 11.9. The molecule has 0 bridgehead atoms. The van der Waals surface area contributed by atoms with Crippen molar-refractivity contribution in [2.24, 2.45) is 0 Å². The van der Waals surface area contributed by atoms with Crippen molar-refractivity contribution < 1.29 is 9.32 Å². The molecule has 0 fully saturated rings. The Balaban J connectivity index is 2.21. The van der Waals surface area contributed by atoms with Crippen LogP contribution in [0.2, 0.25) is 0 Å². The highest BCUT2D eigenvalue weighted by molar-refractivity contribution is 5.93. The quantitative estimate of drug-likeness (QED) is 0.674. The Kier molecular flexibility index (Phi) is 7.25. The largest absolute Gasteiger partial charge is 0.360 e. The zero-order chi connectivity index (χ0) is 15.0. The van der Waals surface area contributed by atoms with Crippen LogP contribution in [-0.4, -0.2) is 48.2 Å². The summed E-state index contributed by atoms with van der Waals surface area (Å²) in [6, 6.07) is 1.45. The van der Waals surface area contributed by atoms with E-state index in [0.717, 1.165) is 32.6 Å². The molecule has 6 nitrogen and oxygen atoms in total. The summed E-state index contributed by atoms with van der Waals surface area (Å²) in [6.45, 7) is 12.0. The molecule has 1 heterocycles. The van der Waals surface area contributed by atoms with Gasteiger partial charge in [-0.25, -0.2) is 0 Å². The Morgan fingerprint density at radius 1 is 1.45 bits per heavy atom. The van der Waals surface area contributed by atoms with Crippen LogP contribution in [0.15, 0.2) is 10.6 Å². The van der Waals surface area contributed by atoms with Crippen molar-refractivity contribution >= 4 is 11.7 Å². The third-order valence-electron chi connectivity index (χ3n) is 3.27. The van der Waals surface area contributed by atoms with Gasteiger partial charge in [-0.2, -0.15) is 0 Å². The molecule has 114 valence electrons. The van der Waals surface area contributed by atoms with Gasteiger partial charge in [0, 0.05) is 6.07 Å². The Morgan fingerprint density at radius 3 is 2.70 bits per heavy atom. The zero-order valence-electron chi connectivity index (χ0n) is 12.9. The number of anilines is 1. The lowest BCUT2D eigenvalue weighted by molar-refractivity contribution is -0.117. The van der Waals surface area contributed by atoms with E-state index in [1.165, 1.54) is 0 Å². The highest BCUT2D eigenvalue weighted by Gasteiger charge is 2.13. The summed E-state index contributed by atoms with van der Waals surface area (Å²) in [5.74, 6) is 1.05. The van der Waals surface area contributed by atoms with Crippen LogP contribution in [0.3, 0.4) is 0 Å². The monoisotopic (exact) mass is 282 g/mol. The molecule has 1 aromatic heterocycles. The van der Waals surface area contributed by atoms with Gasteiger partial charge in [-0.3, -0.25) is 4.79 Å². The van der Waals surface area contributed by atoms with Gasteiger partial charge in [-0.15, -0.1) is 0 Å². The fraction of sp³-hybridized carbons (Fsp3) is 0.714. The molecule has 20 heavy (non-hydrogen) atoms. The summed E-state index contributed by atoms with van der Waals surface area (Å²) in [4.78, 5) is 14.3. The number of carbonyl (C=O) groups is 1. The summed E-state index contributed by atoms with van der Waals surface area (Å²) < 4.78 is 4.90. The molecule has 0 aliphatic rings. The molecule has 1 atom stereocenters. The van der Waals surface area contributed by atoms with Crippen molar-refractivity contribution in [1.82, 2.24) is 15.4 Å². The van der Waals surface area contributed by atoms with Crippen molar-refractivity contribution in [3.8, 4) is 0 Å². The van der Waals surface area contributed by atoms with Gasteiger partial charge in [0.15, 0.2) is 5.82 Å². The van der Waals surface area contributed by atoms with E-state index >= 15 is 0 Å². The lowest BCUT2D eigenvalue weighted by Gasteiger charge is -2.18. The molecular formula is C14H26N4O2. The molecule has 2 N–H and O–H groups in total. The Morgan fingerprint density at radius 2 is 2.15 bits per heavy atom. The van der Waals surface area contributed by atoms with Crippen LogP contribution in [0, 0.1) is 6.92 Å². The van der Waals surface area contributed by atoms with E-state index in [1.54, 1.807) is 13.0 Å². The lowest BCUT2D eigenvalue weighted by Crippen LogP contribution is -2.39. The number of nitrogens with zero attached hydrogens (tertiary/aromatic N) is 2. The van der Waals surface area contributed by atoms with Crippen LogP contribution in [0.5, 0.6) is 0 Å². The predicted molar refractivity (Wildman–Crippen MR) is 79.7 cm³/mol. The van der Waals surface area contributed by atoms with Crippen LogP contribution in [0.1, 0.15) is 33.0 Å². The minimum absolute atomic E-state index is 0.0962. The van der Waals surface area contributed by atoms with Crippen molar-refractivity contribution in [1.29, 1.82) is 0 Å². The van der Waals surface area contributed by atoms with Gasteiger partial charge in [0.05, 0.1) is 6.04 Å². The number of aromatic nitrogens is 1. The van der Waals surface area contributed by atoms with Crippen molar-refractivity contribution in [2.45, 2.75) is 40.2 Å². The van der Waals surface area contributed by atoms with Gasteiger partial charge in [-0.1, -0.05) is 19.0 Å². The first-order valence-corrected chi connectivity index (χ1v) is 7.26. The second-order valence-electron chi connectivity index (χ2n) is 4.87. The van der Waals surface area contributed by atoms with Crippen LogP contribution in [0.4, 0.5) is 5.82 Å². The molecule has 0 aliphatic heterocycles. The van der Waals surface area contributed by atoms with Crippen LogP contribution in [-0.2, 0) is 4.79 Å². The summed E-state index contributed by atoms with van der Waals surface area (Å²) in [6.07, 6.45) is 1.03. The number of nitrogens with one attached hydrogen (secondary N) is 2. The number of carbonyl (C=O) groups excluding carboxylic acids is 1. The molecule has 1 rings (SSSR count). The minimum Gasteiger partial charge on any atom is -0.360 e. The van der Waals surface area contributed by atoms with Crippen molar-refractivity contribution in [3.63, 3.8) is 0 Å². The zero-order valence-corrected chi connectivity index (χ0v) is 12.9. The summed E-state index contributed by atoms with van der Waals surface area (Å²) in [7, 11) is 0. The van der Waals surface area contributed by atoms with E-state index in [-0.39, 0.29) is 11.9 Å². The second-order valence-corrected chi connectivity index (χ2v) is 4.87. The maximum atomic E-state index is 11.9. The van der Waals surface area contributed by atoms with Crippen molar-refractivity contribution in [3.05, 3.63) is 11.8 Å². The molecule has 0 aromatic carbocycles. The fourth-order valence-corrected chi connectivity index (χ4v) is 1.91. The standard InChI is InChI=1S/C14H26N4O2/c1-5-18(6-2)9-7-8-15-12(4)14(19)16-13-10-11(3)20-17-13/h10,12,15H,5-9H2,1-4H3,(H,16,17,19)/t12-/m1/s1. The Labute approximate surface area is 120 Å². The molecule has 1 amide bonds. The van der Waals surface area contributed by atoms with Gasteiger partial charge < -0.3 is 20.1 Å². The van der Waals surface area contributed by atoms with E-state index in [0.29, 0.717) is 11.6 Å². The number of amides is 1. The SMILES string of the molecule is CCN(CC)CCCN[C@H](C)C(=O)Nc1cc(C)on1. The number of aryl methyl sites for hydroxylation is 1. The summed E-state index contributed by atoms with van der Waals surface area (Å²) >= 11 is 0. The topological polar surface area (TPSA) is 70.4 Å². The van der Waals surface area contributed by atoms with E-state index in [4.69, 9.17) is 4.52 Å². The Bertz CT molecular complexity index is 402. The average Bonchev–Trinajstić information content (AvgIpc) is 2.84. The molecule has 0 saturated carbocycles. The second kappa shape index (κ2) is 8.71. The van der Waals surface area contributed by atoms with Gasteiger partial charge in [-0.05, 0) is 46.4 Å². The minimum atomic E-state index is -0.247. The average molecular weight is 282 g/mol. The molecule has 0 unspecified atom stereocenters. The lowest BCUT2D eigenvalue weighted by atomic mass is 10.3. The third kappa shape index (κ3) is 5.71. The molecule has 1 aromatic rings. The molecular weight excluding hydrogens is 256 g/mol. The first-order valence-electron chi connectivity index (χ1n) is 7.26. The van der Waals surface area contributed by atoms with Crippen LogP contribution in [0.25, 0.3) is 0 Å². The van der Waals surface area contributed by atoms with E-state index < -0.39 is 0 Å². The highest BCUT2D eigenvalue weighted by atomic mass is 16.5. The van der Waals surface area contributed by atoms with Crippen molar-refractivity contribution in [2.75, 3.05) is 31.5 Å². The van der Waals surface area contributed by atoms with Gasteiger partial charge in [0.2, 0.25) is 5.91 Å². The fourth-order valence-electron chi connectivity index (χ4n) is 1.91. The molecule has 0 spiro atoms. The Hall–Kier alpha value is -1.40. The third-order valence-corrected chi connectivity index (χ3v) is 3.27. The first kappa shape index (κ1) is 16.7.